The van der Waals surface area contributed by atoms with Crippen molar-refractivity contribution >= 4 is 11.5 Å². The molecule has 0 N–H and O–H groups in total. The van der Waals surface area contributed by atoms with Crippen LogP contribution in [0.2, 0.25) is 0 Å². The molecule has 0 spiro atoms. The van der Waals surface area contributed by atoms with E-state index in [1.54, 1.807) is 6.07 Å². The Morgan fingerprint density at radius 1 is 1.50 bits per heavy atom. The summed E-state index contributed by atoms with van der Waals surface area (Å²) in [6.07, 6.45) is -0.0100. The molecule has 0 aliphatic carbocycles. The van der Waals surface area contributed by atoms with E-state index in [1.807, 2.05) is 0 Å². The molecular formula is C12H13NO5. The Morgan fingerprint density at radius 2 is 2.28 bits per heavy atom. The summed E-state index contributed by atoms with van der Waals surface area (Å²) >= 11 is 0. The largest absolute Gasteiger partial charge is 0.497 e. The second kappa shape index (κ2) is 5.14. The minimum absolute atomic E-state index is 0.0458. The molecule has 1 atom stereocenters. The van der Waals surface area contributed by atoms with Gasteiger partial charge in [0.2, 0.25) is 0 Å². The van der Waals surface area contributed by atoms with Gasteiger partial charge in [-0.15, -0.1) is 0 Å². The molecule has 96 valence electrons. The summed E-state index contributed by atoms with van der Waals surface area (Å²) in [7, 11) is 1.48. The van der Waals surface area contributed by atoms with Crippen LogP contribution in [0.1, 0.15) is 24.5 Å². The van der Waals surface area contributed by atoms with Crippen molar-refractivity contribution in [1.82, 2.24) is 0 Å². The molecule has 0 aromatic heterocycles. The van der Waals surface area contributed by atoms with Gasteiger partial charge in [0.1, 0.15) is 11.5 Å². The highest BCUT2D eigenvalue weighted by Crippen LogP contribution is 2.35. The molecule has 0 saturated carbocycles. The molecule has 0 radical (unpaired) electrons. The Labute approximate surface area is 104 Å². The second-order valence-electron chi connectivity index (χ2n) is 4.03. The van der Waals surface area contributed by atoms with Crippen molar-refractivity contribution in [3.8, 4) is 5.75 Å². The van der Waals surface area contributed by atoms with E-state index in [9.17, 15) is 14.9 Å². The molecule has 6 nitrogen and oxygen atoms in total. The molecule has 1 fully saturated rings. The average molecular weight is 251 g/mol. The molecule has 1 saturated heterocycles. The van der Waals surface area contributed by atoms with Gasteiger partial charge in [-0.1, -0.05) is 0 Å². The van der Waals surface area contributed by atoms with Gasteiger partial charge >= 0.3 is 0 Å². The molecule has 6 heteroatoms. The number of nitrogens with zero attached hydrogens (tertiary/aromatic N) is 1. The predicted molar refractivity (Wildman–Crippen MR) is 62.6 cm³/mol. The third-order valence-corrected chi connectivity index (χ3v) is 2.89. The first-order chi connectivity index (χ1) is 8.61. The van der Waals surface area contributed by atoms with E-state index in [0.717, 1.165) is 0 Å². The lowest BCUT2D eigenvalue weighted by Gasteiger charge is -2.22. The Balaban J connectivity index is 2.39. The van der Waals surface area contributed by atoms with Crippen LogP contribution in [0.15, 0.2) is 18.2 Å². The lowest BCUT2D eigenvalue weighted by Crippen LogP contribution is -2.20. The third-order valence-electron chi connectivity index (χ3n) is 2.89. The molecule has 1 unspecified atom stereocenters. The highest BCUT2D eigenvalue weighted by molar-refractivity contribution is 5.80. The minimum Gasteiger partial charge on any atom is -0.497 e. The number of nitro benzene ring substituents is 1. The summed E-state index contributed by atoms with van der Waals surface area (Å²) in [6, 6.07) is 4.45. The van der Waals surface area contributed by atoms with Crippen molar-refractivity contribution in [2.45, 2.75) is 18.9 Å². The number of hydrogen-bond acceptors (Lipinski definition) is 5. The lowest BCUT2D eigenvalue weighted by atomic mass is 9.99. The highest BCUT2D eigenvalue weighted by atomic mass is 16.6. The number of ketones is 1. The van der Waals surface area contributed by atoms with Crippen LogP contribution in [0, 0.1) is 10.1 Å². The van der Waals surface area contributed by atoms with E-state index >= 15 is 0 Å². The van der Waals surface area contributed by atoms with Gasteiger partial charge in [0.25, 0.3) is 5.69 Å². The van der Waals surface area contributed by atoms with E-state index in [2.05, 4.69) is 0 Å². The number of benzene rings is 1. The molecule has 1 aliphatic rings. The summed E-state index contributed by atoms with van der Waals surface area (Å²) in [5.41, 5.74) is 0.350. The third kappa shape index (κ3) is 2.48. The topological polar surface area (TPSA) is 78.7 Å². The number of Topliss-reactive ketones (excluding diaryl/α,β-unsaturated/α-hetero) is 1. The van der Waals surface area contributed by atoms with Gasteiger partial charge in [-0.05, 0) is 12.1 Å². The van der Waals surface area contributed by atoms with Gasteiger partial charge in [0.15, 0.2) is 0 Å². The maximum atomic E-state index is 11.4. The molecule has 2 rings (SSSR count). The van der Waals surface area contributed by atoms with Crippen molar-refractivity contribution in [2.75, 3.05) is 13.7 Å². The SMILES string of the molecule is COc1ccc([N+](=O)[O-])c(C2CC(=O)CCO2)c1. The number of nitro groups is 1. The molecule has 1 aliphatic heterocycles. The van der Waals surface area contributed by atoms with E-state index in [0.29, 0.717) is 24.3 Å². The fraction of sp³-hybridized carbons (Fsp3) is 0.417. The van der Waals surface area contributed by atoms with Crippen LogP contribution in [0.4, 0.5) is 5.69 Å². The second-order valence-corrected chi connectivity index (χ2v) is 4.03. The maximum absolute atomic E-state index is 11.4. The molecule has 0 amide bonds. The first kappa shape index (κ1) is 12.5. The van der Waals surface area contributed by atoms with Crippen molar-refractivity contribution in [3.05, 3.63) is 33.9 Å². The van der Waals surface area contributed by atoms with Crippen molar-refractivity contribution in [2.24, 2.45) is 0 Å². The molecule has 1 aromatic carbocycles. The summed E-state index contributed by atoms with van der Waals surface area (Å²) < 4.78 is 10.5. The fourth-order valence-electron chi connectivity index (χ4n) is 1.97. The minimum atomic E-state index is -0.554. The smallest absolute Gasteiger partial charge is 0.275 e. The summed E-state index contributed by atoms with van der Waals surface area (Å²) in [5, 5.41) is 11.0. The fourth-order valence-corrected chi connectivity index (χ4v) is 1.97. The van der Waals surface area contributed by atoms with E-state index in [-0.39, 0.29) is 17.9 Å². The van der Waals surface area contributed by atoms with Crippen LogP contribution in [0.3, 0.4) is 0 Å². The van der Waals surface area contributed by atoms with Crippen LogP contribution in [-0.4, -0.2) is 24.4 Å². The van der Waals surface area contributed by atoms with Crippen LogP contribution >= 0.6 is 0 Å². The maximum Gasteiger partial charge on any atom is 0.275 e. The monoisotopic (exact) mass is 251 g/mol. The van der Waals surface area contributed by atoms with Gasteiger partial charge in [-0.3, -0.25) is 14.9 Å². The molecule has 0 bridgehead atoms. The van der Waals surface area contributed by atoms with Crippen molar-refractivity contribution in [1.29, 1.82) is 0 Å². The van der Waals surface area contributed by atoms with Crippen molar-refractivity contribution in [3.63, 3.8) is 0 Å². The first-order valence-electron chi connectivity index (χ1n) is 5.57. The van der Waals surface area contributed by atoms with Gasteiger partial charge in [0.05, 0.1) is 30.3 Å². The first-order valence-corrected chi connectivity index (χ1v) is 5.57. The molecular weight excluding hydrogens is 238 g/mol. The zero-order chi connectivity index (χ0) is 13.1. The zero-order valence-corrected chi connectivity index (χ0v) is 9.92. The number of carbonyl (C=O) groups excluding carboxylic acids is 1. The molecule has 18 heavy (non-hydrogen) atoms. The van der Waals surface area contributed by atoms with Crippen LogP contribution in [0.5, 0.6) is 5.75 Å². The van der Waals surface area contributed by atoms with Crippen LogP contribution in [0.25, 0.3) is 0 Å². The number of carbonyl (C=O) groups is 1. The number of hydrogen-bond donors (Lipinski definition) is 0. The lowest BCUT2D eigenvalue weighted by molar-refractivity contribution is -0.386. The molecule has 1 aromatic rings. The van der Waals surface area contributed by atoms with Crippen LogP contribution < -0.4 is 4.74 Å². The van der Waals surface area contributed by atoms with E-state index in [1.165, 1.54) is 19.2 Å². The van der Waals surface area contributed by atoms with Gasteiger partial charge in [-0.2, -0.15) is 0 Å². The standard InChI is InChI=1S/C12H13NO5/c1-17-9-2-3-11(13(15)16)10(7-9)12-6-8(14)4-5-18-12/h2-3,7,12H,4-6H2,1H3. The number of methoxy groups -OCH3 is 1. The summed E-state index contributed by atoms with van der Waals surface area (Å²) in [5.74, 6) is 0.570. The number of rotatable bonds is 3. The van der Waals surface area contributed by atoms with E-state index in [4.69, 9.17) is 9.47 Å². The Bertz CT molecular complexity index is 485. The summed E-state index contributed by atoms with van der Waals surface area (Å²) in [6.45, 7) is 0.303. The van der Waals surface area contributed by atoms with Gasteiger partial charge in [-0.25, -0.2) is 0 Å². The van der Waals surface area contributed by atoms with Gasteiger partial charge < -0.3 is 9.47 Å². The highest BCUT2D eigenvalue weighted by Gasteiger charge is 2.28. The van der Waals surface area contributed by atoms with E-state index < -0.39 is 11.0 Å². The Kier molecular flexibility index (Phi) is 3.57. The normalized spacial score (nSPS) is 19.6. The van der Waals surface area contributed by atoms with Gasteiger partial charge in [0, 0.05) is 18.9 Å². The average Bonchev–Trinajstić information content (AvgIpc) is 2.38. The van der Waals surface area contributed by atoms with Crippen LogP contribution in [-0.2, 0) is 9.53 Å². The Hall–Kier alpha value is -1.95. The molecule has 1 heterocycles. The quantitative estimate of drug-likeness (QED) is 0.606. The summed E-state index contributed by atoms with van der Waals surface area (Å²) in [4.78, 5) is 21.9. The predicted octanol–water partition coefficient (Wildman–Crippen LogP) is 2.02. The Morgan fingerprint density at radius 3 is 2.89 bits per heavy atom. The zero-order valence-electron chi connectivity index (χ0n) is 9.92. The number of ether oxygens (including phenoxy) is 2. The van der Waals surface area contributed by atoms with Crippen molar-refractivity contribution < 1.29 is 19.2 Å².